The highest BCUT2D eigenvalue weighted by molar-refractivity contribution is 5.76. The van der Waals surface area contributed by atoms with Crippen LogP contribution in [0.1, 0.15) is 245 Å². The maximum Gasteiger partial charge on any atom is 0.220 e. The van der Waals surface area contributed by atoms with Crippen LogP contribution < -0.4 is 5.32 Å². The number of aliphatic hydroxyl groups excluding tert-OH is 8. The molecule has 2 heterocycles. The number of allylic oxidation sites excluding steroid dienone is 7. The van der Waals surface area contributed by atoms with Gasteiger partial charge in [-0.05, 0) is 64.2 Å². The molecule has 2 fully saturated rings. The summed E-state index contributed by atoms with van der Waals surface area (Å²) < 4.78 is 22.8. The maximum atomic E-state index is 13.3. The summed E-state index contributed by atoms with van der Waals surface area (Å²) in [6.07, 6.45) is 42.9. The van der Waals surface area contributed by atoms with Gasteiger partial charge in [-0.1, -0.05) is 223 Å². The smallest absolute Gasteiger partial charge is 0.220 e. The summed E-state index contributed by atoms with van der Waals surface area (Å²) in [7, 11) is 0. The highest BCUT2D eigenvalue weighted by Gasteiger charge is 2.51. The number of rotatable bonds is 49. The molecule has 14 heteroatoms. The Kier molecular flexibility index (Phi) is 44.0. The van der Waals surface area contributed by atoms with Gasteiger partial charge in [0.25, 0.3) is 0 Å². The second kappa shape index (κ2) is 47.7. The Morgan fingerprint density at radius 2 is 0.882 bits per heavy atom. The average Bonchev–Trinajstić information content (AvgIpc) is 3.42. The van der Waals surface area contributed by atoms with Crippen molar-refractivity contribution in [2.24, 2.45) is 0 Å². The van der Waals surface area contributed by atoms with Crippen molar-refractivity contribution in [3.63, 3.8) is 0 Å². The van der Waals surface area contributed by atoms with Gasteiger partial charge in [0.1, 0.15) is 48.8 Å². The Morgan fingerprint density at radius 3 is 1.37 bits per heavy atom. The Hall–Kier alpha value is -2.05. The zero-order chi connectivity index (χ0) is 55.3. The van der Waals surface area contributed by atoms with Crippen LogP contribution in [0.3, 0.4) is 0 Å². The minimum Gasteiger partial charge on any atom is -0.394 e. The minimum atomic E-state index is -1.79. The predicted octanol–water partition coefficient (Wildman–Crippen LogP) is 10.8. The van der Waals surface area contributed by atoms with Crippen LogP contribution in [0.5, 0.6) is 0 Å². The lowest BCUT2D eigenvalue weighted by molar-refractivity contribution is -0.359. The zero-order valence-electron chi connectivity index (χ0n) is 47.7. The molecule has 0 aliphatic carbocycles. The van der Waals surface area contributed by atoms with E-state index in [-0.39, 0.29) is 18.9 Å². The van der Waals surface area contributed by atoms with Crippen molar-refractivity contribution in [3.8, 4) is 0 Å². The number of unbranched alkanes of at least 4 members (excludes halogenated alkanes) is 30. The number of ether oxygens (including phenoxy) is 4. The molecule has 9 N–H and O–H groups in total. The van der Waals surface area contributed by atoms with Gasteiger partial charge < -0.3 is 65.1 Å². The van der Waals surface area contributed by atoms with Gasteiger partial charge in [0.2, 0.25) is 5.91 Å². The third kappa shape index (κ3) is 32.9. The topological polar surface area (TPSA) is 228 Å². The second-order valence-corrected chi connectivity index (χ2v) is 21.8. The summed E-state index contributed by atoms with van der Waals surface area (Å²) in [5.74, 6) is -0.253. The van der Waals surface area contributed by atoms with E-state index in [1.807, 2.05) is 6.08 Å². The van der Waals surface area contributed by atoms with Crippen LogP contribution in [-0.4, -0.2) is 140 Å². The fourth-order valence-electron chi connectivity index (χ4n) is 9.99. The van der Waals surface area contributed by atoms with E-state index >= 15 is 0 Å². The van der Waals surface area contributed by atoms with Gasteiger partial charge in [0.05, 0.1) is 32.0 Å². The molecule has 0 bridgehead atoms. The molecule has 12 unspecified atom stereocenters. The molecule has 14 nitrogen and oxygen atoms in total. The Balaban J connectivity index is 1.78. The number of carbonyl (C=O) groups is 1. The van der Waals surface area contributed by atoms with E-state index in [2.05, 4.69) is 55.6 Å². The van der Waals surface area contributed by atoms with Crippen molar-refractivity contribution < 1.29 is 64.6 Å². The number of carbonyl (C=O) groups excluding carboxylic acids is 1. The Bertz CT molecular complexity index is 1460. The van der Waals surface area contributed by atoms with Crippen LogP contribution in [0.2, 0.25) is 0 Å². The normalized spacial score (nSPS) is 25.2. The fraction of sp³-hybridized carbons (Fsp3) is 0.855. The van der Waals surface area contributed by atoms with E-state index in [9.17, 15) is 45.6 Å². The predicted molar refractivity (Wildman–Crippen MR) is 304 cm³/mol. The molecule has 0 aromatic carbocycles. The van der Waals surface area contributed by atoms with Crippen LogP contribution in [0.4, 0.5) is 0 Å². The zero-order valence-corrected chi connectivity index (χ0v) is 47.7. The Morgan fingerprint density at radius 1 is 0.474 bits per heavy atom. The lowest BCUT2D eigenvalue weighted by Gasteiger charge is -2.46. The third-order valence-corrected chi connectivity index (χ3v) is 15.0. The third-order valence-electron chi connectivity index (χ3n) is 15.0. The first-order chi connectivity index (χ1) is 37.1. The first kappa shape index (κ1) is 70.1. The summed E-state index contributed by atoms with van der Waals surface area (Å²) >= 11 is 0. The van der Waals surface area contributed by atoms with Crippen molar-refractivity contribution >= 4 is 5.91 Å². The molecule has 2 aliphatic heterocycles. The summed E-state index contributed by atoms with van der Waals surface area (Å²) in [6, 6.07) is -0.935. The molecule has 0 aromatic rings. The summed E-state index contributed by atoms with van der Waals surface area (Å²) in [4.78, 5) is 13.3. The number of nitrogens with one attached hydrogen (secondary N) is 1. The minimum absolute atomic E-state index is 0.253. The molecule has 444 valence electrons. The van der Waals surface area contributed by atoms with E-state index in [0.29, 0.717) is 12.8 Å². The number of amides is 1. The van der Waals surface area contributed by atoms with Crippen LogP contribution >= 0.6 is 0 Å². The first-order valence-corrected chi connectivity index (χ1v) is 30.9. The monoisotopic (exact) mass is 1080 g/mol. The molecular weight excluding hydrogens is 967 g/mol. The largest absolute Gasteiger partial charge is 0.394 e. The standard InChI is InChI=1S/C62H113NO13/c1-3-5-7-9-11-13-15-17-19-21-23-25-27-29-31-33-35-37-39-41-43-45-51(66)50(49-73-61-59(72)57(70)60(53(48-65)75-61)76-62-58(71)56(69)55(68)52(47-64)74-62)63-54(67)46-44-42-40-38-36-34-32-30-28-26-24-22-20-18-16-14-12-10-8-6-4-2/h16,18,22,24,35,37,43,45,50-53,55-62,64-66,68-72H,3-15,17,19-21,23,25-34,36,38-42,44,46-49H2,1-2H3,(H,63,67)/b18-16-,24-22-,37-35+,45-43+. The molecule has 1 amide bonds. The van der Waals surface area contributed by atoms with Crippen molar-refractivity contribution in [2.45, 2.75) is 319 Å². The first-order valence-electron chi connectivity index (χ1n) is 30.9. The van der Waals surface area contributed by atoms with E-state index in [1.165, 1.54) is 167 Å². The average molecular weight is 1080 g/mol. The van der Waals surface area contributed by atoms with Crippen LogP contribution in [-0.2, 0) is 23.7 Å². The van der Waals surface area contributed by atoms with Crippen molar-refractivity contribution in [1.29, 1.82) is 0 Å². The van der Waals surface area contributed by atoms with Crippen molar-refractivity contribution in [3.05, 3.63) is 48.6 Å². The van der Waals surface area contributed by atoms with Gasteiger partial charge in [-0.3, -0.25) is 4.79 Å². The lowest BCUT2D eigenvalue weighted by Crippen LogP contribution is -2.65. The number of hydrogen-bond acceptors (Lipinski definition) is 13. The molecule has 0 spiro atoms. The van der Waals surface area contributed by atoms with Gasteiger partial charge in [0, 0.05) is 6.42 Å². The van der Waals surface area contributed by atoms with Gasteiger partial charge in [-0.25, -0.2) is 0 Å². The van der Waals surface area contributed by atoms with E-state index < -0.39 is 86.8 Å². The molecular formula is C62H113NO13. The highest BCUT2D eigenvalue weighted by Crippen LogP contribution is 2.30. The molecule has 76 heavy (non-hydrogen) atoms. The van der Waals surface area contributed by atoms with E-state index in [1.54, 1.807) is 6.08 Å². The molecule has 0 saturated carbocycles. The molecule has 2 aliphatic rings. The molecule has 0 radical (unpaired) electrons. The van der Waals surface area contributed by atoms with Gasteiger partial charge >= 0.3 is 0 Å². The van der Waals surface area contributed by atoms with Crippen LogP contribution in [0, 0.1) is 0 Å². The van der Waals surface area contributed by atoms with Crippen molar-refractivity contribution in [1.82, 2.24) is 5.32 Å². The van der Waals surface area contributed by atoms with Crippen LogP contribution in [0.25, 0.3) is 0 Å². The second-order valence-electron chi connectivity index (χ2n) is 21.8. The quantitative estimate of drug-likeness (QED) is 0.0204. The molecule has 2 saturated heterocycles. The lowest BCUT2D eigenvalue weighted by atomic mass is 9.97. The Labute approximate surface area is 461 Å². The summed E-state index contributed by atoms with van der Waals surface area (Å²) in [6.45, 7) is 2.78. The SMILES string of the molecule is CCCCCCC/C=C\C/C=C\CCCCCCCCCCCC(=O)NC(COC1OC(CO)C(OC2OC(CO)C(O)C(O)C2O)C(O)C1O)C(O)/C=C/CC/C=C/CCCCCCCCCCCCCCCCC. The maximum absolute atomic E-state index is 13.3. The van der Waals surface area contributed by atoms with Gasteiger partial charge in [0.15, 0.2) is 12.6 Å². The van der Waals surface area contributed by atoms with Crippen LogP contribution in [0.15, 0.2) is 48.6 Å². The molecule has 2 rings (SSSR count). The summed E-state index contributed by atoms with van der Waals surface area (Å²) in [5, 5.41) is 87.1. The molecule has 12 atom stereocenters. The molecule has 0 aromatic heterocycles. The number of aliphatic hydroxyl groups is 8. The van der Waals surface area contributed by atoms with Crippen molar-refractivity contribution in [2.75, 3.05) is 19.8 Å². The van der Waals surface area contributed by atoms with E-state index in [0.717, 1.165) is 44.9 Å². The van der Waals surface area contributed by atoms with Gasteiger partial charge in [-0.15, -0.1) is 0 Å². The van der Waals surface area contributed by atoms with Gasteiger partial charge in [-0.2, -0.15) is 0 Å². The number of hydrogen-bond donors (Lipinski definition) is 9. The summed E-state index contributed by atoms with van der Waals surface area (Å²) in [5.41, 5.74) is 0. The highest BCUT2D eigenvalue weighted by atomic mass is 16.7. The van der Waals surface area contributed by atoms with E-state index in [4.69, 9.17) is 18.9 Å². The fourth-order valence-corrected chi connectivity index (χ4v) is 9.99.